The highest BCUT2D eigenvalue weighted by Gasteiger charge is 2.30. The first kappa shape index (κ1) is 21.8. The molecule has 12 heteroatoms. The molecule has 164 valence electrons. The molecule has 1 saturated heterocycles. The highest BCUT2D eigenvalue weighted by molar-refractivity contribution is 7.12. The molecule has 3 aromatic heterocycles. The Hall–Kier alpha value is -2.43. The molecule has 0 aliphatic carbocycles. The van der Waals surface area contributed by atoms with Crippen molar-refractivity contribution >= 4 is 57.5 Å². The number of hydrogen-bond acceptors (Lipinski definition) is 7. The van der Waals surface area contributed by atoms with Gasteiger partial charge in [0.1, 0.15) is 16.0 Å². The minimum Gasteiger partial charge on any atom is -0.465 e. The first-order chi connectivity index (χ1) is 14.7. The molecule has 1 amide bonds. The fourth-order valence-electron chi connectivity index (χ4n) is 3.74. The molecule has 1 N–H and O–H groups in total. The molecule has 31 heavy (non-hydrogen) atoms. The first-order valence-corrected chi connectivity index (χ1v) is 11.3. The van der Waals surface area contributed by atoms with Crippen LogP contribution in [0.1, 0.15) is 32.4 Å². The van der Waals surface area contributed by atoms with Crippen molar-refractivity contribution in [3.63, 3.8) is 0 Å². The Labute approximate surface area is 191 Å². The summed E-state index contributed by atoms with van der Waals surface area (Å²) in [5.41, 5.74) is 2.27. The van der Waals surface area contributed by atoms with Crippen LogP contribution in [0.3, 0.4) is 0 Å². The third-order valence-electron chi connectivity index (χ3n) is 5.25. The predicted octanol–water partition coefficient (Wildman–Crippen LogP) is 3.86. The fourth-order valence-corrected chi connectivity index (χ4v) is 4.97. The van der Waals surface area contributed by atoms with Crippen molar-refractivity contribution in [2.24, 2.45) is 0 Å². The number of carboxylic acid groups (broad SMARTS) is 1. The van der Waals surface area contributed by atoms with E-state index in [2.05, 4.69) is 15.0 Å². The largest absolute Gasteiger partial charge is 0.465 e. The van der Waals surface area contributed by atoms with Gasteiger partial charge in [0, 0.05) is 25.7 Å². The van der Waals surface area contributed by atoms with Crippen LogP contribution in [0.4, 0.5) is 10.6 Å². The maximum atomic E-state index is 13.2. The van der Waals surface area contributed by atoms with Gasteiger partial charge in [0.25, 0.3) is 0 Å². The van der Waals surface area contributed by atoms with Gasteiger partial charge >= 0.3 is 11.8 Å². The van der Waals surface area contributed by atoms with Crippen LogP contribution in [-0.2, 0) is 0 Å². The maximum absolute atomic E-state index is 13.2. The molecule has 1 aliphatic rings. The summed E-state index contributed by atoms with van der Waals surface area (Å²) in [6.07, 6.45) is -0.970. The average Bonchev–Trinajstić information content (AvgIpc) is 3.18. The van der Waals surface area contributed by atoms with Crippen LogP contribution in [0.5, 0.6) is 0 Å². The third-order valence-corrected chi connectivity index (χ3v) is 6.75. The number of fused-ring (bicyclic) bond motifs is 1. The molecular weight excluding hydrogens is 463 g/mol. The summed E-state index contributed by atoms with van der Waals surface area (Å²) in [6.45, 7) is 6.86. The lowest BCUT2D eigenvalue weighted by Gasteiger charge is -2.39. The number of rotatable bonds is 3. The summed E-state index contributed by atoms with van der Waals surface area (Å²) in [7, 11) is 0. The topological polar surface area (TPSA) is 104 Å². The molecule has 9 nitrogen and oxygen atoms in total. The second kappa shape index (κ2) is 8.25. The number of halogens is 2. The monoisotopic (exact) mass is 482 g/mol. The summed E-state index contributed by atoms with van der Waals surface area (Å²) >= 11 is 13.8. The zero-order valence-corrected chi connectivity index (χ0v) is 19.4. The van der Waals surface area contributed by atoms with Gasteiger partial charge in [-0.3, -0.25) is 0 Å². The quantitative estimate of drug-likeness (QED) is 0.565. The second-order valence-corrected chi connectivity index (χ2v) is 9.25. The number of carbonyl (C=O) groups is 1. The normalized spacial score (nSPS) is 17.0. The van der Waals surface area contributed by atoms with Gasteiger partial charge < -0.3 is 14.9 Å². The van der Waals surface area contributed by atoms with Crippen LogP contribution in [0.2, 0.25) is 10.2 Å². The van der Waals surface area contributed by atoms with Crippen molar-refractivity contribution in [3.05, 3.63) is 37.9 Å². The SMILES string of the molecule is CC(C)c1ncsc1-n1c(=O)nc(N2CCN(C(=O)O)CC2C)c2cc(Cl)c(Cl)nc21. The summed E-state index contributed by atoms with van der Waals surface area (Å²) in [5, 5.41) is 10.8. The zero-order valence-electron chi connectivity index (χ0n) is 17.0. The van der Waals surface area contributed by atoms with E-state index in [9.17, 15) is 14.7 Å². The van der Waals surface area contributed by atoms with E-state index >= 15 is 0 Å². The number of piperazine rings is 1. The highest BCUT2D eigenvalue weighted by Crippen LogP contribution is 2.34. The van der Waals surface area contributed by atoms with E-state index in [0.717, 1.165) is 5.69 Å². The lowest BCUT2D eigenvalue weighted by molar-refractivity contribution is 0.136. The van der Waals surface area contributed by atoms with Crippen LogP contribution in [0.25, 0.3) is 16.0 Å². The smallest absolute Gasteiger partial charge is 0.407 e. The van der Waals surface area contributed by atoms with Crippen molar-refractivity contribution in [2.75, 3.05) is 24.5 Å². The van der Waals surface area contributed by atoms with Crippen LogP contribution in [-0.4, -0.2) is 61.3 Å². The Bertz CT molecular complexity index is 1230. The molecule has 0 radical (unpaired) electrons. The van der Waals surface area contributed by atoms with Gasteiger partial charge in [0.2, 0.25) is 0 Å². The number of nitrogens with zero attached hydrogens (tertiary/aromatic N) is 6. The van der Waals surface area contributed by atoms with Crippen LogP contribution in [0, 0.1) is 0 Å². The Morgan fingerprint density at radius 3 is 2.68 bits per heavy atom. The minimum absolute atomic E-state index is 0.0822. The van der Waals surface area contributed by atoms with E-state index in [1.807, 2.05) is 25.7 Å². The Kier molecular flexibility index (Phi) is 5.80. The summed E-state index contributed by atoms with van der Waals surface area (Å²) in [5.74, 6) is 0.505. The van der Waals surface area contributed by atoms with E-state index in [0.29, 0.717) is 41.5 Å². The highest BCUT2D eigenvalue weighted by atomic mass is 35.5. The van der Waals surface area contributed by atoms with Gasteiger partial charge in [0.05, 0.1) is 21.6 Å². The molecule has 1 atom stereocenters. The van der Waals surface area contributed by atoms with Gasteiger partial charge in [-0.1, -0.05) is 37.0 Å². The van der Waals surface area contributed by atoms with E-state index < -0.39 is 11.8 Å². The lowest BCUT2D eigenvalue weighted by Crippen LogP contribution is -2.54. The fraction of sp³-hybridized carbons (Fsp3) is 0.421. The molecule has 1 aliphatic heterocycles. The zero-order chi connectivity index (χ0) is 22.4. The van der Waals surface area contributed by atoms with E-state index in [-0.39, 0.29) is 22.1 Å². The van der Waals surface area contributed by atoms with Crippen LogP contribution >= 0.6 is 34.5 Å². The van der Waals surface area contributed by atoms with Crippen LogP contribution < -0.4 is 10.6 Å². The number of anilines is 1. The number of amides is 1. The van der Waals surface area contributed by atoms with Gasteiger partial charge in [-0.2, -0.15) is 4.98 Å². The van der Waals surface area contributed by atoms with E-state index in [4.69, 9.17) is 23.2 Å². The van der Waals surface area contributed by atoms with Crippen molar-refractivity contribution in [2.45, 2.75) is 32.7 Å². The molecule has 0 spiro atoms. The second-order valence-electron chi connectivity index (χ2n) is 7.65. The summed E-state index contributed by atoms with van der Waals surface area (Å²) in [4.78, 5) is 41.0. The Balaban J connectivity index is 1.94. The molecule has 4 rings (SSSR count). The Morgan fingerprint density at radius 1 is 1.29 bits per heavy atom. The molecule has 1 unspecified atom stereocenters. The number of thiazole rings is 1. The van der Waals surface area contributed by atoms with E-state index in [1.54, 1.807) is 11.6 Å². The molecule has 4 heterocycles. The average molecular weight is 483 g/mol. The maximum Gasteiger partial charge on any atom is 0.407 e. The molecule has 1 fully saturated rings. The van der Waals surface area contributed by atoms with E-state index in [1.165, 1.54) is 20.8 Å². The number of aromatic nitrogens is 4. The number of hydrogen-bond donors (Lipinski definition) is 1. The van der Waals surface area contributed by atoms with Gasteiger partial charge in [-0.15, -0.1) is 11.3 Å². The van der Waals surface area contributed by atoms with Crippen molar-refractivity contribution in [1.29, 1.82) is 0 Å². The summed E-state index contributed by atoms with van der Waals surface area (Å²) in [6, 6.07) is 1.46. The minimum atomic E-state index is -0.970. The Morgan fingerprint density at radius 2 is 2.03 bits per heavy atom. The summed E-state index contributed by atoms with van der Waals surface area (Å²) < 4.78 is 1.42. The molecule has 0 aromatic carbocycles. The van der Waals surface area contributed by atoms with Gasteiger partial charge in [0.15, 0.2) is 5.65 Å². The first-order valence-electron chi connectivity index (χ1n) is 9.66. The van der Waals surface area contributed by atoms with Gasteiger partial charge in [-0.25, -0.2) is 24.1 Å². The van der Waals surface area contributed by atoms with Crippen LogP contribution in [0.15, 0.2) is 16.4 Å². The predicted molar refractivity (Wildman–Crippen MR) is 121 cm³/mol. The standard InChI is InChI=1S/C19H20Cl2N6O3S/c1-9(2)13-17(31-8-22-13)27-16-11(6-12(20)14(21)23-16)15(24-18(27)28)26-5-4-25(19(29)30)7-10(26)3/h6,8-10H,4-5,7H2,1-3H3,(H,29,30). The number of pyridine rings is 1. The molecular formula is C19H20Cl2N6O3S. The lowest BCUT2D eigenvalue weighted by atomic mass is 10.1. The molecule has 3 aromatic rings. The van der Waals surface area contributed by atoms with Crippen molar-refractivity contribution in [1.82, 2.24) is 24.4 Å². The van der Waals surface area contributed by atoms with Gasteiger partial charge in [-0.05, 0) is 18.9 Å². The molecule has 0 bridgehead atoms. The third kappa shape index (κ3) is 3.83. The van der Waals surface area contributed by atoms with Crippen molar-refractivity contribution in [3.8, 4) is 5.00 Å². The van der Waals surface area contributed by atoms with Crippen molar-refractivity contribution < 1.29 is 9.90 Å². The molecule has 0 saturated carbocycles.